The molecule has 1 rings (SSSR count). The zero-order valence-electron chi connectivity index (χ0n) is 42.4. The number of esters is 2. The Balaban J connectivity index is 2.91. The van der Waals surface area contributed by atoms with Crippen LogP contribution in [-0.2, 0) is 52.5 Å². The van der Waals surface area contributed by atoms with E-state index >= 15 is 0 Å². The third kappa shape index (κ3) is 29.2. The van der Waals surface area contributed by atoms with Crippen molar-refractivity contribution in [3.05, 3.63) is 0 Å². The van der Waals surface area contributed by atoms with Crippen LogP contribution < -0.4 is 21.7 Å². The highest BCUT2D eigenvalue weighted by Gasteiger charge is 2.47. The van der Waals surface area contributed by atoms with E-state index in [1.165, 1.54) is 111 Å². The molecule has 0 aromatic rings. The highest BCUT2D eigenvalue weighted by molar-refractivity contribution is 7.80. The number of hydrogen-bond acceptors (Lipinski definition) is 13. The van der Waals surface area contributed by atoms with Gasteiger partial charge in [0.15, 0.2) is 1.41 Å². The molecule has 1 aliphatic rings. The first kappa shape index (κ1) is 59.6. The van der Waals surface area contributed by atoms with Crippen molar-refractivity contribution in [3.8, 4) is 0 Å². The average molecular weight is 974 g/mol. The second-order valence-electron chi connectivity index (χ2n) is 18.2. The minimum Gasteiger partial charge on any atom is -0.481 e. The molecular weight excluding hydrogens is 885 g/mol. The van der Waals surface area contributed by atoms with E-state index < -0.39 is 103 Å². The van der Waals surface area contributed by atoms with Gasteiger partial charge in [-0.1, -0.05) is 142 Å². The molecule has 1 saturated heterocycles. The Hall–Kier alpha value is -3.48. The van der Waals surface area contributed by atoms with Crippen molar-refractivity contribution >= 4 is 54.2 Å². The molecule has 1 aliphatic heterocycles. The lowest BCUT2D eigenvalue weighted by atomic mass is 9.97. The molecule has 0 bridgehead atoms. The topological polar surface area (TPSA) is 259 Å². The van der Waals surface area contributed by atoms with E-state index in [1.807, 2.05) is 0 Å². The molecule has 0 radical (unpaired) electrons. The normalized spacial score (nSPS) is 20.1. The quantitative estimate of drug-likeness (QED) is 0.0188. The Kier molecular flexibility index (Phi) is 33.3. The highest BCUT2D eigenvalue weighted by Crippen LogP contribution is 2.28. The van der Waals surface area contributed by atoms with Crippen molar-refractivity contribution in [2.45, 2.75) is 262 Å². The molecule has 9 atom stereocenters. The number of nitrogens with two attached hydrogens (primary N) is 1. The van der Waals surface area contributed by atoms with E-state index in [1.54, 1.807) is 0 Å². The Morgan fingerprint density at radius 1 is 0.731 bits per heavy atom. The maximum atomic E-state index is 13.4. The number of carboxylic acid groups (broad SMARTS) is 1. The molecule has 1 heterocycles. The van der Waals surface area contributed by atoms with E-state index in [9.17, 15) is 38.7 Å². The van der Waals surface area contributed by atoms with Crippen LogP contribution >= 0.6 is 12.6 Å². The number of nitrogens with one attached hydrogen (secondary N) is 3. The van der Waals surface area contributed by atoms with Crippen LogP contribution in [0.5, 0.6) is 0 Å². The van der Waals surface area contributed by atoms with Crippen LogP contribution in [0.15, 0.2) is 0 Å². The minimum atomic E-state index is -1.61. The number of thiol groups is 1. The van der Waals surface area contributed by atoms with E-state index in [-0.39, 0.29) is 25.2 Å². The highest BCUT2D eigenvalue weighted by atomic mass is 32.1. The zero-order valence-corrected chi connectivity index (χ0v) is 42.2. The fourth-order valence-electron chi connectivity index (χ4n) is 7.95. The molecule has 17 nitrogen and oxygen atoms in total. The van der Waals surface area contributed by atoms with Gasteiger partial charge in [-0.15, -0.1) is 12.6 Å². The van der Waals surface area contributed by atoms with Gasteiger partial charge in [0.2, 0.25) is 23.6 Å². The first-order valence-electron chi connectivity index (χ1n) is 25.8. The zero-order chi connectivity index (χ0) is 50.9. The summed E-state index contributed by atoms with van der Waals surface area (Å²) in [6.07, 6.45) is 18.6. The molecule has 1 fully saturated rings. The van der Waals surface area contributed by atoms with Crippen LogP contribution in [-0.4, -0.2) is 112 Å². The van der Waals surface area contributed by atoms with E-state index in [0.29, 0.717) is 18.2 Å². The Morgan fingerprint density at radius 3 is 1.73 bits per heavy atom. The number of aliphatic carboxylic acids is 1. The fraction of sp³-hybridized carbons (Fsp3) is 0.857. The van der Waals surface area contributed by atoms with Gasteiger partial charge in [0, 0.05) is 19.8 Å². The third-order valence-corrected chi connectivity index (χ3v) is 12.4. The van der Waals surface area contributed by atoms with Crippen LogP contribution in [0.2, 0.25) is 1.41 Å². The van der Waals surface area contributed by atoms with Crippen molar-refractivity contribution < 1.29 is 64.1 Å². The summed E-state index contributed by atoms with van der Waals surface area (Å²) in [7, 11) is 0. The summed E-state index contributed by atoms with van der Waals surface area (Å²) in [5, 5.41) is 25.6. The number of carbonyl (C=O) groups is 7. The number of carbonyl (C=O) groups excluding carboxylic acids is 6. The molecular formula is C49H88N4O13S. The van der Waals surface area contributed by atoms with Crippen LogP contribution in [0.25, 0.3) is 0 Å². The van der Waals surface area contributed by atoms with E-state index in [2.05, 4.69) is 37.1 Å². The average Bonchev–Trinajstić information content (AvgIpc) is 3.29. The largest absolute Gasteiger partial charge is 0.481 e. The number of hydrogen-bond donors (Lipinski definition) is 7. The number of aliphatic hydroxyl groups is 1. The molecule has 18 heteroatoms. The fourth-order valence-corrected chi connectivity index (χ4v) is 8.35. The van der Waals surface area contributed by atoms with Crippen LogP contribution in [0.4, 0.5) is 0 Å². The van der Waals surface area contributed by atoms with Crippen LogP contribution in [0.1, 0.15) is 208 Å². The van der Waals surface area contributed by atoms with E-state index in [0.717, 1.165) is 44.9 Å². The first-order valence-corrected chi connectivity index (χ1v) is 25.9. The summed E-state index contributed by atoms with van der Waals surface area (Å²) in [5.74, 6) is -5.81. The number of rotatable bonds is 40. The summed E-state index contributed by atoms with van der Waals surface area (Å²) >= 11 is 4.46. The van der Waals surface area contributed by atoms with Gasteiger partial charge in [-0.2, -0.15) is 0 Å². The number of primary amides is 1. The van der Waals surface area contributed by atoms with Crippen molar-refractivity contribution in [3.63, 3.8) is 0 Å². The summed E-state index contributed by atoms with van der Waals surface area (Å²) in [6, 6.07) is -4.00. The summed E-state index contributed by atoms with van der Waals surface area (Å²) in [5.41, 5.74) is 4.17. The smallest absolute Gasteiger partial charge is 0.309 e. The number of carboxylic acids is 1. The number of unbranched alkanes of at least 4 members (excludes halogenated alkanes) is 20. The van der Waals surface area contributed by atoms with Gasteiger partial charge in [-0.05, 0) is 39.5 Å². The second kappa shape index (κ2) is 37.4. The number of amides is 4. The third-order valence-electron chi connectivity index (χ3n) is 12.0. The van der Waals surface area contributed by atoms with Gasteiger partial charge in [0.1, 0.15) is 54.6 Å². The molecule has 0 spiro atoms. The lowest BCUT2D eigenvalue weighted by molar-refractivity contribution is -0.204. The van der Waals surface area contributed by atoms with Gasteiger partial charge < -0.3 is 50.8 Å². The lowest BCUT2D eigenvalue weighted by Crippen LogP contribution is -2.64. The molecule has 0 unspecified atom stereocenters. The van der Waals surface area contributed by atoms with Crippen molar-refractivity contribution in [2.75, 3.05) is 6.61 Å². The maximum absolute atomic E-state index is 13.4. The Bertz CT molecular complexity index is 1480. The van der Waals surface area contributed by atoms with Crippen LogP contribution in [0, 0.1) is 0 Å². The van der Waals surface area contributed by atoms with Gasteiger partial charge in [-0.25, -0.2) is 0 Å². The van der Waals surface area contributed by atoms with Crippen molar-refractivity contribution in [1.82, 2.24) is 15.9 Å². The molecule has 0 aliphatic carbocycles. The monoisotopic (exact) mass is 974 g/mol. The summed E-state index contributed by atoms with van der Waals surface area (Å²) < 4.78 is 31.6. The first-order chi connectivity index (χ1) is 32.4. The van der Waals surface area contributed by atoms with Gasteiger partial charge in [-0.3, -0.25) is 33.6 Å². The predicted octanol–water partition coefficient (Wildman–Crippen LogP) is 6.87. The number of aliphatic hydroxyl groups excluding tert-OH is 1. The lowest BCUT2D eigenvalue weighted by Gasteiger charge is -2.43. The van der Waals surface area contributed by atoms with Gasteiger partial charge in [0.25, 0.3) is 0 Å². The molecule has 0 saturated carbocycles. The summed E-state index contributed by atoms with van der Waals surface area (Å²) in [6.45, 7) is 7.63. The molecule has 7 N–H and O–H groups in total. The molecule has 0 aromatic carbocycles. The van der Waals surface area contributed by atoms with Crippen molar-refractivity contribution in [2.24, 2.45) is 5.73 Å². The van der Waals surface area contributed by atoms with Gasteiger partial charge in [0.05, 0.1) is 12.5 Å². The minimum absolute atomic E-state index is 0.209. The summed E-state index contributed by atoms with van der Waals surface area (Å²) in [4.78, 5) is 87.6. The second-order valence-corrected chi connectivity index (χ2v) is 18.7. The van der Waals surface area contributed by atoms with Crippen molar-refractivity contribution in [1.29, 1.82) is 0 Å². The standard InChI is InChI=1S/C49H88N4O13S/c1-6-8-10-12-14-16-18-20-22-24-26-28-37(65-41(57)29-27-25-23-21-19-17-15-13-11-9-7-2)32-42(58)63-33-39-44(59)45(43(49(67)66-39)52-36(5)54)64-35(4)48(62)51-34(3)47(61)53-38(46(50)60)30-31-40(55)56/h34-35,37-39,43-45,49,59,67H,6-33H2,1-5H3,(H2,50,60)(H,51,62)(H,52,54)(H,53,61)(H,55,56)/t34-,35+,37+,38-,39+,43+,44+,45+,49-/m0/s1/i/hD. The number of ether oxygens (including phenoxy) is 4. The van der Waals surface area contributed by atoms with Crippen LogP contribution in [0.3, 0.4) is 0 Å². The Morgan fingerprint density at radius 2 is 1.24 bits per heavy atom. The van der Waals surface area contributed by atoms with E-state index in [4.69, 9.17) is 31.2 Å². The SMILES string of the molecule is [2H]N(C(=O)[C@@H](C)O[C@H]1[C@H](O)[C@@H](COC(=O)C[C@@H](CCCCCCCCCCCCC)OC(=O)CCCCCCCCCCCCC)O[C@@H](S)[C@@H]1NC(C)=O)[C@@H](C)C(=O)N[C@@H](CCC(=O)O)C(N)=O. The molecule has 4 amide bonds. The molecule has 67 heavy (non-hydrogen) atoms. The van der Waals surface area contributed by atoms with Gasteiger partial charge >= 0.3 is 17.9 Å². The Labute approximate surface area is 407 Å². The molecule has 0 aromatic heterocycles. The molecule has 388 valence electrons. The maximum Gasteiger partial charge on any atom is 0.309 e. The predicted molar refractivity (Wildman–Crippen MR) is 259 cm³/mol.